The maximum atomic E-state index is 13.7. The number of likely N-dealkylation sites (tertiary alicyclic amines) is 1. The van der Waals surface area contributed by atoms with Crippen LogP contribution in [0.1, 0.15) is 23.2 Å². The van der Waals surface area contributed by atoms with Crippen molar-refractivity contribution in [3.05, 3.63) is 34.6 Å². The van der Waals surface area contributed by atoms with Gasteiger partial charge in [-0.1, -0.05) is 17.7 Å². The van der Waals surface area contributed by atoms with Gasteiger partial charge in [0.2, 0.25) is 0 Å². The first kappa shape index (κ1) is 14.7. The van der Waals surface area contributed by atoms with Crippen LogP contribution in [0.3, 0.4) is 0 Å². The molecule has 3 N–H and O–H groups in total. The molecule has 0 saturated carbocycles. The number of hydrogen-bond acceptors (Lipinski definition) is 3. The van der Waals surface area contributed by atoms with E-state index >= 15 is 0 Å². The molecule has 2 rings (SSSR count). The first-order chi connectivity index (χ1) is 9.35. The second-order valence-corrected chi connectivity index (χ2v) is 5.23. The highest BCUT2D eigenvalue weighted by Crippen LogP contribution is 2.26. The molecule has 1 aromatic rings. The number of hydrogen-bond donors (Lipinski definition) is 2. The third-order valence-corrected chi connectivity index (χ3v) is 3.71. The van der Waals surface area contributed by atoms with Crippen LogP contribution in [0.25, 0.3) is 0 Å². The molecule has 1 fully saturated rings. The molecule has 0 aliphatic carbocycles. The number of amides is 2. The van der Waals surface area contributed by atoms with Crippen LogP contribution in [-0.2, 0) is 4.79 Å². The van der Waals surface area contributed by atoms with Crippen molar-refractivity contribution >= 4 is 23.4 Å². The van der Waals surface area contributed by atoms with E-state index < -0.39 is 23.2 Å². The summed E-state index contributed by atoms with van der Waals surface area (Å²) in [5.74, 6) is -2.29. The number of primary amides is 1. The number of halogens is 2. The van der Waals surface area contributed by atoms with Crippen LogP contribution in [0.2, 0.25) is 5.02 Å². The van der Waals surface area contributed by atoms with Crippen LogP contribution in [0.5, 0.6) is 0 Å². The van der Waals surface area contributed by atoms with E-state index in [2.05, 4.69) is 0 Å². The number of carbonyl (C=O) groups excluding carboxylic acids is 2. The molecule has 1 aromatic carbocycles. The Kier molecular flexibility index (Phi) is 3.96. The Hall–Kier alpha value is -1.66. The number of piperidine rings is 1. The number of aliphatic hydroxyl groups is 1. The largest absolute Gasteiger partial charge is 0.378 e. The molecular formula is C13H14ClFN2O3. The lowest BCUT2D eigenvalue weighted by Crippen LogP contribution is -2.57. The Labute approximate surface area is 120 Å². The summed E-state index contributed by atoms with van der Waals surface area (Å²) in [7, 11) is 0. The van der Waals surface area contributed by atoms with E-state index in [1.807, 2.05) is 0 Å². The molecule has 1 aliphatic heterocycles. The number of benzene rings is 1. The highest BCUT2D eigenvalue weighted by atomic mass is 35.5. The third-order valence-electron chi connectivity index (χ3n) is 3.39. The summed E-state index contributed by atoms with van der Waals surface area (Å²) in [6.45, 7) is 0.0465. The molecular weight excluding hydrogens is 287 g/mol. The zero-order valence-electron chi connectivity index (χ0n) is 10.6. The number of carbonyl (C=O) groups is 2. The van der Waals surface area contributed by atoms with Gasteiger partial charge in [0.1, 0.15) is 5.82 Å². The molecule has 0 bridgehead atoms. The molecule has 1 aliphatic rings. The standard InChI is InChI=1S/C13H14ClFN2O3/c14-8-3-1-4-9(15)10(8)11(18)17-6-2-5-13(20,7-17)12(16)19/h1,3-4,20H,2,5-7H2,(H2,16,19). The van der Waals surface area contributed by atoms with E-state index in [4.69, 9.17) is 17.3 Å². The van der Waals surface area contributed by atoms with Gasteiger partial charge in [0.25, 0.3) is 11.8 Å². The molecule has 108 valence electrons. The Morgan fingerprint density at radius 2 is 2.15 bits per heavy atom. The molecule has 0 radical (unpaired) electrons. The van der Waals surface area contributed by atoms with Gasteiger partial charge in [0, 0.05) is 6.54 Å². The predicted molar refractivity (Wildman–Crippen MR) is 70.7 cm³/mol. The number of β-amino-alcohol motifs (C(OH)–C–C–N with tert-alkyl or cyclic N) is 1. The van der Waals surface area contributed by atoms with E-state index in [9.17, 15) is 19.1 Å². The van der Waals surface area contributed by atoms with E-state index in [1.54, 1.807) is 0 Å². The van der Waals surface area contributed by atoms with Crippen molar-refractivity contribution in [1.82, 2.24) is 4.90 Å². The maximum Gasteiger partial charge on any atom is 0.258 e. The minimum absolute atomic E-state index is 0.0109. The molecule has 7 heteroatoms. The second kappa shape index (κ2) is 5.38. The van der Waals surface area contributed by atoms with E-state index in [0.717, 1.165) is 6.07 Å². The normalized spacial score (nSPS) is 22.6. The van der Waals surface area contributed by atoms with Gasteiger partial charge in [-0.15, -0.1) is 0 Å². The van der Waals surface area contributed by atoms with Gasteiger partial charge in [-0.2, -0.15) is 0 Å². The van der Waals surface area contributed by atoms with Crippen LogP contribution in [0.4, 0.5) is 4.39 Å². The minimum atomic E-state index is -1.77. The van der Waals surface area contributed by atoms with Gasteiger partial charge in [0.05, 0.1) is 17.1 Å². The Morgan fingerprint density at radius 3 is 2.75 bits per heavy atom. The van der Waals surface area contributed by atoms with E-state index in [-0.39, 0.29) is 23.6 Å². The quantitative estimate of drug-likeness (QED) is 0.852. The summed E-state index contributed by atoms with van der Waals surface area (Å²) in [6.07, 6.45) is 0.578. The summed E-state index contributed by atoms with van der Waals surface area (Å²) >= 11 is 5.84. The summed E-state index contributed by atoms with van der Waals surface area (Å²) in [4.78, 5) is 24.7. The molecule has 0 spiro atoms. The monoisotopic (exact) mass is 300 g/mol. The van der Waals surface area contributed by atoms with E-state index in [1.165, 1.54) is 17.0 Å². The maximum absolute atomic E-state index is 13.7. The molecule has 2 amide bonds. The molecule has 1 heterocycles. The predicted octanol–water partition coefficient (Wildman–Crippen LogP) is 0.931. The highest BCUT2D eigenvalue weighted by Gasteiger charge is 2.40. The summed E-state index contributed by atoms with van der Waals surface area (Å²) in [5.41, 5.74) is 3.10. The zero-order chi connectivity index (χ0) is 14.9. The average molecular weight is 301 g/mol. The van der Waals surface area contributed by atoms with Crippen molar-refractivity contribution in [2.45, 2.75) is 18.4 Å². The van der Waals surface area contributed by atoms with E-state index in [0.29, 0.717) is 13.0 Å². The van der Waals surface area contributed by atoms with Gasteiger partial charge >= 0.3 is 0 Å². The highest BCUT2D eigenvalue weighted by molar-refractivity contribution is 6.33. The second-order valence-electron chi connectivity index (χ2n) is 4.82. The van der Waals surface area contributed by atoms with Crippen molar-refractivity contribution in [3.63, 3.8) is 0 Å². The fourth-order valence-electron chi connectivity index (χ4n) is 2.27. The lowest BCUT2D eigenvalue weighted by atomic mass is 9.92. The van der Waals surface area contributed by atoms with Gasteiger partial charge in [0.15, 0.2) is 5.60 Å². The summed E-state index contributed by atoms with van der Waals surface area (Å²) in [6, 6.07) is 3.93. The van der Waals surface area contributed by atoms with Crippen molar-refractivity contribution < 1.29 is 19.1 Å². The van der Waals surface area contributed by atoms with Gasteiger partial charge in [-0.05, 0) is 25.0 Å². The average Bonchev–Trinajstić information content (AvgIpc) is 2.38. The summed E-state index contributed by atoms with van der Waals surface area (Å²) in [5, 5.41) is 10.0. The number of nitrogens with zero attached hydrogens (tertiary/aromatic N) is 1. The number of nitrogens with two attached hydrogens (primary N) is 1. The Morgan fingerprint density at radius 1 is 1.45 bits per heavy atom. The Bertz CT molecular complexity index is 546. The van der Waals surface area contributed by atoms with Gasteiger partial charge in [-0.25, -0.2) is 4.39 Å². The van der Waals surface area contributed by atoms with Crippen molar-refractivity contribution in [2.24, 2.45) is 5.73 Å². The molecule has 0 aromatic heterocycles. The SMILES string of the molecule is NC(=O)C1(O)CCCN(C(=O)c2c(F)cccc2Cl)C1. The molecule has 20 heavy (non-hydrogen) atoms. The van der Waals surface area contributed by atoms with Crippen molar-refractivity contribution in [3.8, 4) is 0 Å². The molecule has 1 unspecified atom stereocenters. The van der Waals surface area contributed by atoms with Crippen LogP contribution >= 0.6 is 11.6 Å². The number of rotatable bonds is 2. The lowest BCUT2D eigenvalue weighted by Gasteiger charge is -2.37. The third kappa shape index (κ3) is 2.62. The Balaban J connectivity index is 2.28. The molecule has 1 atom stereocenters. The fraction of sp³-hybridized carbons (Fsp3) is 0.385. The first-order valence-electron chi connectivity index (χ1n) is 6.11. The van der Waals surface area contributed by atoms with Crippen molar-refractivity contribution in [2.75, 3.05) is 13.1 Å². The first-order valence-corrected chi connectivity index (χ1v) is 6.48. The van der Waals surface area contributed by atoms with Crippen LogP contribution < -0.4 is 5.73 Å². The van der Waals surface area contributed by atoms with Crippen LogP contribution in [-0.4, -0.2) is 40.5 Å². The summed E-state index contributed by atoms with van der Waals surface area (Å²) < 4.78 is 13.7. The topological polar surface area (TPSA) is 83.6 Å². The van der Waals surface area contributed by atoms with Gasteiger partial charge < -0.3 is 15.7 Å². The zero-order valence-corrected chi connectivity index (χ0v) is 11.4. The van der Waals surface area contributed by atoms with Crippen LogP contribution in [0, 0.1) is 5.82 Å². The smallest absolute Gasteiger partial charge is 0.258 e. The molecule has 5 nitrogen and oxygen atoms in total. The molecule has 1 saturated heterocycles. The van der Waals surface area contributed by atoms with Crippen LogP contribution in [0.15, 0.2) is 18.2 Å². The minimum Gasteiger partial charge on any atom is -0.378 e. The lowest BCUT2D eigenvalue weighted by molar-refractivity contribution is -0.140. The van der Waals surface area contributed by atoms with Gasteiger partial charge in [-0.3, -0.25) is 9.59 Å². The van der Waals surface area contributed by atoms with Crippen molar-refractivity contribution in [1.29, 1.82) is 0 Å². The fourth-order valence-corrected chi connectivity index (χ4v) is 2.51.